The Morgan fingerprint density at radius 2 is 1.76 bits per heavy atom. The standard InChI is InChI=1S/C19H22N2O4/c1-14(22)21(17-13-16(24-2)9-10-18(17)25-3)12-11-20-19(23)15-7-5-4-6-8-15/h4-10,13H,11-12H2,1-3H3,(H,20,23). The fraction of sp³-hybridized carbons (Fsp3) is 0.263. The summed E-state index contributed by atoms with van der Waals surface area (Å²) in [5.41, 5.74) is 1.18. The Hall–Kier alpha value is -3.02. The summed E-state index contributed by atoms with van der Waals surface area (Å²) in [6, 6.07) is 14.2. The quantitative estimate of drug-likeness (QED) is 0.839. The summed E-state index contributed by atoms with van der Waals surface area (Å²) in [6.07, 6.45) is 0. The summed E-state index contributed by atoms with van der Waals surface area (Å²) in [5, 5.41) is 2.82. The molecule has 2 rings (SSSR count). The number of carbonyl (C=O) groups is 2. The number of hydrogen-bond donors (Lipinski definition) is 1. The number of nitrogens with one attached hydrogen (secondary N) is 1. The third-order valence-corrected chi connectivity index (χ3v) is 3.71. The van der Waals surface area contributed by atoms with Gasteiger partial charge in [-0.1, -0.05) is 18.2 Å². The van der Waals surface area contributed by atoms with E-state index >= 15 is 0 Å². The van der Waals surface area contributed by atoms with Crippen molar-refractivity contribution in [3.8, 4) is 11.5 Å². The van der Waals surface area contributed by atoms with Crippen LogP contribution in [0.2, 0.25) is 0 Å². The molecule has 6 nitrogen and oxygen atoms in total. The normalized spacial score (nSPS) is 10.0. The second-order valence-corrected chi connectivity index (χ2v) is 5.33. The molecule has 0 atom stereocenters. The number of amides is 2. The number of carbonyl (C=O) groups excluding carboxylic acids is 2. The van der Waals surface area contributed by atoms with Crippen LogP contribution in [0.15, 0.2) is 48.5 Å². The number of anilines is 1. The minimum absolute atomic E-state index is 0.152. The first-order valence-corrected chi connectivity index (χ1v) is 7.90. The van der Waals surface area contributed by atoms with Crippen LogP contribution in [0.1, 0.15) is 17.3 Å². The first-order valence-electron chi connectivity index (χ1n) is 7.90. The highest BCUT2D eigenvalue weighted by Crippen LogP contribution is 2.32. The molecule has 0 heterocycles. The molecular weight excluding hydrogens is 320 g/mol. The lowest BCUT2D eigenvalue weighted by Gasteiger charge is -2.24. The van der Waals surface area contributed by atoms with Gasteiger partial charge in [-0.3, -0.25) is 9.59 Å². The second-order valence-electron chi connectivity index (χ2n) is 5.33. The Kier molecular flexibility index (Phi) is 6.39. The highest BCUT2D eigenvalue weighted by molar-refractivity contribution is 5.95. The molecular formula is C19H22N2O4. The molecule has 2 aromatic carbocycles. The third kappa shape index (κ3) is 4.73. The van der Waals surface area contributed by atoms with Crippen LogP contribution < -0.4 is 19.7 Å². The Bertz CT molecular complexity index is 731. The molecule has 0 saturated carbocycles. The Labute approximate surface area is 147 Å². The Balaban J connectivity index is 2.09. The van der Waals surface area contributed by atoms with Gasteiger partial charge in [-0.15, -0.1) is 0 Å². The first-order chi connectivity index (χ1) is 12.1. The lowest BCUT2D eigenvalue weighted by atomic mass is 10.2. The summed E-state index contributed by atoms with van der Waals surface area (Å²) >= 11 is 0. The van der Waals surface area contributed by atoms with Crippen LogP contribution in [0.3, 0.4) is 0 Å². The van der Waals surface area contributed by atoms with Crippen molar-refractivity contribution in [3.63, 3.8) is 0 Å². The van der Waals surface area contributed by atoms with E-state index in [-0.39, 0.29) is 11.8 Å². The SMILES string of the molecule is COc1ccc(OC)c(N(CCNC(=O)c2ccccc2)C(C)=O)c1. The van der Waals surface area contributed by atoms with Crippen LogP contribution in [0.5, 0.6) is 11.5 Å². The van der Waals surface area contributed by atoms with E-state index in [1.807, 2.05) is 6.07 Å². The number of nitrogens with zero attached hydrogens (tertiary/aromatic N) is 1. The highest BCUT2D eigenvalue weighted by atomic mass is 16.5. The summed E-state index contributed by atoms with van der Waals surface area (Å²) in [5.74, 6) is 0.850. The van der Waals surface area contributed by atoms with Gasteiger partial charge in [0.25, 0.3) is 5.91 Å². The van der Waals surface area contributed by atoms with Crippen LogP contribution in [-0.2, 0) is 4.79 Å². The number of methoxy groups -OCH3 is 2. The molecule has 0 aliphatic rings. The number of ether oxygens (including phenoxy) is 2. The van der Waals surface area contributed by atoms with E-state index in [1.54, 1.807) is 61.6 Å². The van der Waals surface area contributed by atoms with E-state index in [0.29, 0.717) is 35.8 Å². The molecule has 0 saturated heterocycles. The van der Waals surface area contributed by atoms with Crippen LogP contribution in [0.25, 0.3) is 0 Å². The maximum absolute atomic E-state index is 12.1. The Morgan fingerprint density at radius 1 is 1.04 bits per heavy atom. The maximum Gasteiger partial charge on any atom is 0.251 e. The first kappa shape index (κ1) is 18.3. The van der Waals surface area contributed by atoms with Gasteiger partial charge in [0.2, 0.25) is 5.91 Å². The molecule has 0 aliphatic carbocycles. The van der Waals surface area contributed by atoms with Crippen LogP contribution >= 0.6 is 0 Å². The van der Waals surface area contributed by atoms with Crippen molar-refractivity contribution in [3.05, 3.63) is 54.1 Å². The molecule has 0 aliphatic heterocycles. The highest BCUT2D eigenvalue weighted by Gasteiger charge is 2.17. The van der Waals surface area contributed by atoms with Crippen molar-refractivity contribution in [2.75, 3.05) is 32.2 Å². The minimum atomic E-state index is -0.179. The minimum Gasteiger partial charge on any atom is -0.497 e. The average Bonchev–Trinajstić information content (AvgIpc) is 2.65. The van der Waals surface area contributed by atoms with Crippen molar-refractivity contribution in [1.82, 2.24) is 5.32 Å². The van der Waals surface area contributed by atoms with E-state index in [0.717, 1.165) is 0 Å². The zero-order chi connectivity index (χ0) is 18.2. The van der Waals surface area contributed by atoms with Crippen LogP contribution in [0.4, 0.5) is 5.69 Å². The number of rotatable bonds is 7. The van der Waals surface area contributed by atoms with Gasteiger partial charge in [-0.2, -0.15) is 0 Å². The van der Waals surface area contributed by atoms with Gasteiger partial charge in [0.15, 0.2) is 0 Å². The summed E-state index contributed by atoms with van der Waals surface area (Å²) < 4.78 is 10.6. The lowest BCUT2D eigenvalue weighted by Crippen LogP contribution is -2.37. The number of hydrogen-bond acceptors (Lipinski definition) is 4. The maximum atomic E-state index is 12.1. The van der Waals surface area contributed by atoms with Crippen molar-refractivity contribution < 1.29 is 19.1 Å². The van der Waals surface area contributed by atoms with Crippen molar-refractivity contribution in [2.45, 2.75) is 6.92 Å². The Morgan fingerprint density at radius 3 is 2.36 bits per heavy atom. The molecule has 2 amide bonds. The van der Waals surface area contributed by atoms with Gasteiger partial charge in [0.05, 0.1) is 19.9 Å². The molecule has 2 aromatic rings. The molecule has 6 heteroatoms. The zero-order valence-electron chi connectivity index (χ0n) is 14.6. The predicted molar refractivity (Wildman–Crippen MR) is 96.3 cm³/mol. The summed E-state index contributed by atoms with van der Waals surface area (Å²) in [6.45, 7) is 2.10. The molecule has 0 aromatic heterocycles. The van der Waals surface area contributed by atoms with Gasteiger partial charge in [-0.05, 0) is 24.3 Å². The molecule has 0 radical (unpaired) electrons. The smallest absolute Gasteiger partial charge is 0.251 e. The molecule has 0 fully saturated rings. The second kappa shape index (κ2) is 8.73. The van der Waals surface area contributed by atoms with Gasteiger partial charge in [-0.25, -0.2) is 0 Å². The van der Waals surface area contributed by atoms with Gasteiger partial charge < -0.3 is 19.7 Å². The molecule has 25 heavy (non-hydrogen) atoms. The van der Waals surface area contributed by atoms with Crippen LogP contribution in [0, 0.1) is 0 Å². The third-order valence-electron chi connectivity index (χ3n) is 3.71. The molecule has 0 bridgehead atoms. The van der Waals surface area contributed by atoms with Crippen molar-refractivity contribution in [1.29, 1.82) is 0 Å². The van der Waals surface area contributed by atoms with Gasteiger partial charge >= 0.3 is 0 Å². The van der Waals surface area contributed by atoms with Gasteiger partial charge in [0, 0.05) is 31.6 Å². The van der Waals surface area contributed by atoms with Gasteiger partial charge in [0.1, 0.15) is 11.5 Å². The fourth-order valence-electron chi connectivity index (χ4n) is 2.43. The lowest BCUT2D eigenvalue weighted by molar-refractivity contribution is -0.116. The zero-order valence-corrected chi connectivity index (χ0v) is 14.6. The summed E-state index contributed by atoms with van der Waals surface area (Å²) in [7, 11) is 3.10. The predicted octanol–water partition coefficient (Wildman–Crippen LogP) is 2.49. The van der Waals surface area contributed by atoms with Crippen LogP contribution in [-0.4, -0.2) is 39.1 Å². The van der Waals surface area contributed by atoms with E-state index in [2.05, 4.69) is 5.32 Å². The molecule has 1 N–H and O–H groups in total. The van der Waals surface area contributed by atoms with Crippen molar-refractivity contribution in [2.24, 2.45) is 0 Å². The van der Waals surface area contributed by atoms with E-state index in [4.69, 9.17) is 9.47 Å². The molecule has 132 valence electrons. The monoisotopic (exact) mass is 342 g/mol. The van der Waals surface area contributed by atoms with E-state index < -0.39 is 0 Å². The summed E-state index contributed by atoms with van der Waals surface area (Å²) in [4.78, 5) is 25.7. The van der Waals surface area contributed by atoms with E-state index in [1.165, 1.54) is 6.92 Å². The van der Waals surface area contributed by atoms with Crippen molar-refractivity contribution >= 4 is 17.5 Å². The average molecular weight is 342 g/mol. The topological polar surface area (TPSA) is 67.9 Å². The fourth-order valence-corrected chi connectivity index (χ4v) is 2.43. The molecule has 0 spiro atoms. The largest absolute Gasteiger partial charge is 0.497 e. The van der Waals surface area contributed by atoms with E-state index in [9.17, 15) is 9.59 Å². The number of benzene rings is 2. The molecule has 0 unspecified atom stereocenters.